The molecule has 1 aliphatic rings. The molecule has 0 N–H and O–H groups in total. The van der Waals surface area contributed by atoms with Crippen LogP contribution in [-0.4, -0.2) is 51.9 Å². The molecule has 2 aromatic rings. The molecule has 0 bridgehead atoms. The molecular formula is C16H22F3N5O2. The Morgan fingerprint density at radius 2 is 2.19 bits per heavy atom. The van der Waals surface area contributed by atoms with Gasteiger partial charge in [-0.1, -0.05) is 5.16 Å². The molecule has 1 atom stereocenters. The maximum atomic E-state index is 12.8. The maximum Gasteiger partial charge on any atom is 0.434 e. The van der Waals surface area contributed by atoms with Gasteiger partial charge in [-0.3, -0.25) is 4.90 Å². The minimum Gasteiger partial charge on any atom is -0.384 e. The highest BCUT2D eigenvalue weighted by Crippen LogP contribution is 2.30. The van der Waals surface area contributed by atoms with Crippen LogP contribution in [0.5, 0.6) is 0 Å². The minimum atomic E-state index is -4.39. The summed E-state index contributed by atoms with van der Waals surface area (Å²) in [5.41, 5.74) is -0.809. The normalized spacial score (nSPS) is 17.7. The van der Waals surface area contributed by atoms with E-state index in [9.17, 15) is 13.2 Å². The van der Waals surface area contributed by atoms with Crippen LogP contribution in [0.2, 0.25) is 0 Å². The average molecular weight is 373 g/mol. The number of nitrogens with zero attached hydrogens (tertiary/aromatic N) is 5. The van der Waals surface area contributed by atoms with Crippen LogP contribution in [0.3, 0.4) is 0 Å². The number of ether oxygens (including phenoxy) is 1. The Morgan fingerprint density at radius 3 is 2.92 bits per heavy atom. The van der Waals surface area contributed by atoms with Crippen molar-refractivity contribution in [2.24, 2.45) is 5.92 Å². The Kier molecular flexibility index (Phi) is 5.61. The van der Waals surface area contributed by atoms with Gasteiger partial charge in [0.2, 0.25) is 5.89 Å². The maximum absolute atomic E-state index is 12.8. The van der Waals surface area contributed by atoms with Gasteiger partial charge >= 0.3 is 6.18 Å². The summed E-state index contributed by atoms with van der Waals surface area (Å²) in [6.45, 7) is 2.30. The molecule has 0 spiro atoms. The monoisotopic (exact) mass is 373 g/mol. The minimum absolute atomic E-state index is 0.249. The molecular weight excluding hydrogens is 351 g/mol. The van der Waals surface area contributed by atoms with Gasteiger partial charge in [-0.25, -0.2) is 4.98 Å². The highest BCUT2D eigenvalue weighted by atomic mass is 19.4. The Balaban J connectivity index is 1.53. The molecule has 26 heavy (non-hydrogen) atoms. The lowest BCUT2D eigenvalue weighted by Crippen LogP contribution is -2.31. The number of aromatic nitrogens is 4. The number of alkyl halides is 3. The third kappa shape index (κ3) is 4.61. The van der Waals surface area contributed by atoms with Crippen molar-refractivity contribution in [3.8, 4) is 0 Å². The van der Waals surface area contributed by atoms with Gasteiger partial charge in [-0.05, 0) is 19.4 Å². The van der Waals surface area contributed by atoms with E-state index < -0.39 is 11.9 Å². The predicted molar refractivity (Wildman–Crippen MR) is 85.3 cm³/mol. The van der Waals surface area contributed by atoms with E-state index in [-0.39, 0.29) is 5.92 Å². The standard InChI is InChI=1S/C16H22F3N5O2/c1-23(10-15-21-13(22-26-15)5-6-25-2)7-11-3-4-14-20-12(16(17,18)19)9-24(14)8-11/h9,11H,3-8,10H2,1-2H3. The van der Waals surface area contributed by atoms with Gasteiger partial charge in [0, 0.05) is 39.2 Å². The summed E-state index contributed by atoms with van der Waals surface area (Å²) in [4.78, 5) is 10.1. The molecule has 0 saturated carbocycles. The van der Waals surface area contributed by atoms with Crippen LogP contribution in [0, 0.1) is 5.92 Å². The lowest BCUT2D eigenvalue weighted by atomic mass is 9.99. The van der Waals surface area contributed by atoms with Crippen molar-refractivity contribution in [2.75, 3.05) is 27.3 Å². The van der Waals surface area contributed by atoms with Crippen LogP contribution in [0.15, 0.2) is 10.7 Å². The zero-order valence-electron chi connectivity index (χ0n) is 14.8. The fourth-order valence-electron chi connectivity index (χ4n) is 3.19. The van der Waals surface area contributed by atoms with E-state index in [0.29, 0.717) is 50.1 Å². The molecule has 1 unspecified atom stereocenters. The molecule has 0 aliphatic carbocycles. The van der Waals surface area contributed by atoms with Crippen molar-refractivity contribution in [1.29, 1.82) is 0 Å². The molecule has 0 amide bonds. The SMILES string of the molecule is COCCc1noc(CN(C)CC2CCc3nc(C(F)(F)F)cn3C2)n1. The van der Waals surface area contributed by atoms with E-state index in [1.807, 2.05) is 11.9 Å². The van der Waals surface area contributed by atoms with E-state index >= 15 is 0 Å². The van der Waals surface area contributed by atoms with Crippen molar-refractivity contribution in [3.05, 3.63) is 29.4 Å². The van der Waals surface area contributed by atoms with Gasteiger partial charge in [-0.15, -0.1) is 0 Å². The van der Waals surface area contributed by atoms with Crippen molar-refractivity contribution in [2.45, 2.75) is 38.5 Å². The fourth-order valence-corrected chi connectivity index (χ4v) is 3.19. The Bertz CT molecular complexity index is 728. The molecule has 144 valence electrons. The van der Waals surface area contributed by atoms with E-state index in [1.165, 1.54) is 0 Å². The van der Waals surface area contributed by atoms with Crippen molar-refractivity contribution in [1.82, 2.24) is 24.6 Å². The highest BCUT2D eigenvalue weighted by Gasteiger charge is 2.35. The van der Waals surface area contributed by atoms with Crippen molar-refractivity contribution < 1.29 is 22.4 Å². The Hall–Kier alpha value is -1.94. The first-order valence-electron chi connectivity index (χ1n) is 8.47. The summed E-state index contributed by atoms with van der Waals surface area (Å²) in [5.74, 6) is 1.89. The molecule has 0 aromatic carbocycles. The average Bonchev–Trinajstić information content (AvgIpc) is 3.18. The lowest BCUT2D eigenvalue weighted by Gasteiger charge is -2.27. The third-order valence-corrected chi connectivity index (χ3v) is 4.40. The van der Waals surface area contributed by atoms with Gasteiger partial charge in [0.25, 0.3) is 0 Å². The smallest absolute Gasteiger partial charge is 0.384 e. The summed E-state index contributed by atoms with van der Waals surface area (Å²) in [7, 11) is 3.55. The number of aryl methyl sites for hydroxylation is 1. The summed E-state index contributed by atoms with van der Waals surface area (Å²) < 4.78 is 50.2. The largest absolute Gasteiger partial charge is 0.434 e. The molecule has 1 aliphatic heterocycles. The number of hydrogen-bond acceptors (Lipinski definition) is 6. The summed E-state index contributed by atoms with van der Waals surface area (Å²) in [6, 6.07) is 0. The first kappa shape index (κ1) is 18.8. The predicted octanol–water partition coefficient (Wildman–Crippen LogP) is 2.17. The van der Waals surface area contributed by atoms with Crippen LogP contribution < -0.4 is 0 Å². The van der Waals surface area contributed by atoms with Crippen molar-refractivity contribution in [3.63, 3.8) is 0 Å². The Labute approximate surface area is 149 Å². The van der Waals surface area contributed by atoms with E-state index in [2.05, 4.69) is 15.1 Å². The van der Waals surface area contributed by atoms with Crippen LogP contribution in [0.25, 0.3) is 0 Å². The highest BCUT2D eigenvalue weighted by molar-refractivity contribution is 5.10. The zero-order chi connectivity index (χ0) is 18.7. The van der Waals surface area contributed by atoms with Gasteiger partial charge in [0.15, 0.2) is 11.5 Å². The summed E-state index contributed by atoms with van der Waals surface area (Å²) >= 11 is 0. The van der Waals surface area contributed by atoms with Crippen LogP contribution >= 0.6 is 0 Å². The van der Waals surface area contributed by atoms with Gasteiger partial charge in [-0.2, -0.15) is 18.2 Å². The second kappa shape index (κ2) is 7.75. The quantitative estimate of drug-likeness (QED) is 0.741. The number of hydrogen-bond donors (Lipinski definition) is 0. The fraction of sp³-hybridized carbons (Fsp3) is 0.688. The number of rotatable bonds is 7. The second-order valence-electron chi connectivity index (χ2n) is 6.64. The summed E-state index contributed by atoms with van der Waals surface area (Å²) in [5, 5.41) is 3.90. The molecule has 3 heterocycles. The molecule has 7 nitrogen and oxygen atoms in total. The van der Waals surface area contributed by atoms with Crippen molar-refractivity contribution >= 4 is 0 Å². The lowest BCUT2D eigenvalue weighted by molar-refractivity contribution is -0.141. The van der Waals surface area contributed by atoms with Crippen LogP contribution in [0.4, 0.5) is 13.2 Å². The van der Waals surface area contributed by atoms with Gasteiger partial charge in [0.1, 0.15) is 5.82 Å². The van der Waals surface area contributed by atoms with Crippen LogP contribution in [-0.2, 0) is 36.8 Å². The first-order valence-corrected chi connectivity index (χ1v) is 8.47. The zero-order valence-corrected chi connectivity index (χ0v) is 14.8. The molecule has 2 aromatic heterocycles. The third-order valence-electron chi connectivity index (χ3n) is 4.40. The number of imidazole rings is 1. The molecule has 0 saturated heterocycles. The molecule has 10 heteroatoms. The first-order chi connectivity index (χ1) is 12.3. The second-order valence-corrected chi connectivity index (χ2v) is 6.64. The van der Waals surface area contributed by atoms with Gasteiger partial charge < -0.3 is 13.8 Å². The Morgan fingerprint density at radius 1 is 1.38 bits per heavy atom. The van der Waals surface area contributed by atoms with E-state index in [1.54, 1.807) is 11.7 Å². The van der Waals surface area contributed by atoms with Gasteiger partial charge in [0.05, 0.1) is 13.2 Å². The summed E-state index contributed by atoms with van der Waals surface area (Å²) in [6.07, 6.45) is -1.33. The molecule has 0 fully saturated rings. The van der Waals surface area contributed by atoms with E-state index in [4.69, 9.17) is 9.26 Å². The topological polar surface area (TPSA) is 69.2 Å². The molecule has 0 radical (unpaired) electrons. The number of fused-ring (bicyclic) bond motifs is 1. The van der Waals surface area contributed by atoms with Crippen LogP contribution in [0.1, 0.15) is 29.7 Å². The number of halogens is 3. The van der Waals surface area contributed by atoms with E-state index in [0.717, 1.165) is 19.2 Å². The number of methoxy groups -OCH3 is 1. The molecule has 3 rings (SSSR count).